The van der Waals surface area contributed by atoms with Crippen molar-refractivity contribution >= 4 is 11.3 Å². The Labute approximate surface area is 133 Å². The van der Waals surface area contributed by atoms with Gasteiger partial charge in [-0.1, -0.05) is 32.3 Å². The van der Waals surface area contributed by atoms with Gasteiger partial charge in [-0.2, -0.15) is 0 Å². The van der Waals surface area contributed by atoms with Crippen molar-refractivity contribution in [2.24, 2.45) is 0 Å². The number of nitrogens with one attached hydrogen (secondary N) is 1. The van der Waals surface area contributed by atoms with E-state index in [1.165, 1.54) is 69.5 Å². The van der Waals surface area contributed by atoms with Crippen LogP contribution in [0.5, 0.6) is 0 Å². The summed E-state index contributed by atoms with van der Waals surface area (Å²) in [5.41, 5.74) is 0.752. The molecule has 0 radical (unpaired) electrons. The van der Waals surface area contributed by atoms with E-state index in [2.05, 4.69) is 41.6 Å². The van der Waals surface area contributed by atoms with Crippen LogP contribution in [0.4, 0.5) is 0 Å². The van der Waals surface area contributed by atoms with Crippen molar-refractivity contribution in [3.63, 3.8) is 0 Å². The minimum atomic E-state index is 0.304. The molecule has 21 heavy (non-hydrogen) atoms. The average molecular weight is 307 g/mol. The van der Waals surface area contributed by atoms with E-state index >= 15 is 0 Å². The second kappa shape index (κ2) is 6.39. The van der Waals surface area contributed by atoms with Crippen LogP contribution >= 0.6 is 11.3 Å². The van der Waals surface area contributed by atoms with Crippen LogP contribution < -0.4 is 5.32 Å². The molecule has 1 saturated heterocycles. The molecule has 2 aliphatic rings. The second-order valence-corrected chi connectivity index (χ2v) is 8.34. The maximum Gasteiger partial charge on any atom is 0.0335 e. The number of hydrogen-bond donors (Lipinski definition) is 1. The van der Waals surface area contributed by atoms with Gasteiger partial charge >= 0.3 is 0 Å². The molecule has 2 nitrogen and oxygen atoms in total. The van der Waals surface area contributed by atoms with Gasteiger partial charge in [0.2, 0.25) is 0 Å². The number of rotatable bonds is 4. The van der Waals surface area contributed by atoms with Crippen molar-refractivity contribution in [2.45, 2.75) is 69.9 Å². The lowest BCUT2D eigenvalue weighted by molar-refractivity contribution is -0.0146. The minimum Gasteiger partial charge on any atom is -0.308 e. The molecule has 1 unspecified atom stereocenters. The molecule has 2 heterocycles. The van der Waals surface area contributed by atoms with Crippen LogP contribution in [0, 0.1) is 0 Å². The predicted octanol–water partition coefficient (Wildman–Crippen LogP) is 4.07. The van der Waals surface area contributed by atoms with Crippen molar-refractivity contribution in [2.75, 3.05) is 19.6 Å². The van der Waals surface area contributed by atoms with E-state index in [0.717, 1.165) is 0 Å². The van der Waals surface area contributed by atoms with Crippen LogP contribution in [-0.4, -0.2) is 35.6 Å². The zero-order valence-electron chi connectivity index (χ0n) is 13.7. The van der Waals surface area contributed by atoms with Crippen LogP contribution in [0.2, 0.25) is 0 Å². The molecule has 0 bridgehead atoms. The molecule has 1 spiro atoms. The quantitative estimate of drug-likeness (QED) is 0.902. The molecule has 0 amide bonds. The molecule has 118 valence electrons. The fourth-order valence-electron chi connectivity index (χ4n) is 4.09. The molecule has 1 atom stereocenters. The third-order valence-electron chi connectivity index (χ3n) is 5.83. The summed E-state index contributed by atoms with van der Waals surface area (Å²) in [6.07, 6.45) is 9.50. The first-order valence-corrected chi connectivity index (χ1v) is 9.56. The van der Waals surface area contributed by atoms with Gasteiger partial charge < -0.3 is 5.32 Å². The number of thiophene rings is 1. The first kappa shape index (κ1) is 15.5. The molecule has 0 aromatic carbocycles. The maximum atomic E-state index is 3.89. The van der Waals surface area contributed by atoms with Gasteiger partial charge in [0, 0.05) is 35.6 Å². The summed E-state index contributed by atoms with van der Waals surface area (Å²) in [5.74, 6) is 0. The van der Waals surface area contributed by atoms with Crippen LogP contribution in [0.25, 0.3) is 0 Å². The lowest BCUT2D eigenvalue weighted by Gasteiger charge is -2.55. The fourth-order valence-corrected chi connectivity index (χ4v) is 4.79. The summed E-state index contributed by atoms with van der Waals surface area (Å²) in [7, 11) is 0. The highest BCUT2D eigenvalue weighted by Gasteiger charge is 2.44. The van der Waals surface area contributed by atoms with E-state index < -0.39 is 0 Å². The Kier molecular flexibility index (Phi) is 4.72. The van der Waals surface area contributed by atoms with E-state index in [0.29, 0.717) is 11.1 Å². The number of piperazine rings is 1. The topological polar surface area (TPSA) is 15.3 Å². The van der Waals surface area contributed by atoms with Gasteiger partial charge in [-0.15, -0.1) is 11.3 Å². The molecule has 1 aromatic rings. The average Bonchev–Trinajstić information content (AvgIpc) is 3.03. The summed E-state index contributed by atoms with van der Waals surface area (Å²) in [6, 6.07) is 4.48. The molecule has 1 saturated carbocycles. The summed E-state index contributed by atoms with van der Waals surface area (Å²) < 4.78 is 0. The zero-order valence-corrected chi connectivity index (χ0v) is 14.5. The van der Waals surface area contributed by atoms with Gasteiger partial charge in [0.15, 0.2) is 0 Å². The Balaban J connectivity index is 1.72. The van der Waals surface area contributed by atoms with Crippen LogP contribution in [0.1, 0.15) is 57.2 Å². The molecule has 3 rings (SSSR count). The lowest BCUT2D eigenvalue weighted by Crippen LogP contribution is -2.69. The SMILES string of the molecule is CCC1(C)CN(CCc2cccs2)C2(CCCCC2)CN1. The third kappa shape index (κ3) is 3.35. The van der Waals surface area contributed by atoms with E-state index in [4.69, 9.17) is 0 Å². The first-order chi connectivity index (χ1) is 10.2. The molecule has 2 fully saturated rings. The van der Waals surface area contributed by atoms with E-state index in [1.807, 2.05) is 11.3 Å². The van der Waals surface area contributed by atoms with E-state index in [1.54, 1.807) is 0 Å². The highest BCUT2D eigenvalue weighted by atomic mass is 32.1. The lowest BCUT2D eigenvalue weighted by atomic mass is 9.76. The molecular formula is C18H30N2S. The zero-order chi connectivity index (χ0) is 14.8. The van der Waals surface area contributed by atoms with Crippen molar-refractivity contribution in [1.29, 1.82) is 0 Å². The van der Waals surface area contributed by atoms with Crippen LogP contribution in [-0.2, 0) is 6.42 Å². The maximum absolute atomic E-state index is 3.89. The van der Waals surface area contributed by atoms with Crippen molar-refractivity contribution < 1.29 is 0 Å². The predicted molar refractivity (Wildman–Crippen MR) is 92.1 cm³/mol. The summed E-state index contributed by atoms with van der Waals surface area (Å²) in [6.45, 7) is 8.37. The molecular weight excluding hydrogens is 276 g/mol. The molecule has 1 aliphatic carbocycles. The fraction of sp³-hybridized carbons (Fsp3) is 0.778. The van der Waals surface area contributed by atoms with Gasteiger partial charge in [-0.3, -0.25) is 4.90 Å². The van der Waals surface area contributed by atoms with Gasteiger partial charge in [0.05, 0.1) is 0 Å². The Morgan fingerprint density at radius 2 is 2.10 bits per heavy atom. The second-order valence-electron chi connectivity index (χ2n) is 7.30. The highest BCUT2D eigenvalue weighted by Crippen LogP contribution is 2.37. The standard InChI is InChI=1S/C18H30N2S/c1-3-17(2)15-20(12-9-16-8-7-13-21-16)18(14-19-17)10-5-4-6-11-18/h7-8,13,19H,3-6,9-12,14-15H2,1-2H3. The molecule has 1 N–H and O–H groups in total. The summed E-state index contributed by atoms with van der Waals surface area (Å²) >= 11 is 1.91. The van der Waals surface area contributed by atoms with E-state index in [-0.39, 0.29) is 0 Å². The molecule has 1 aliphatic heterocycles. The van der Waals surface area contributed by atoms with Gasteiger partial charge in [0.1, 0.15) is 0 Å². The Hall–Kier alpha value is -0.380. The Morgan fingerprint density at radius 3 is 2.76 bits per heavy atom. The largest absolute Gasteiger partial charge is 0.308 e. The third-order valence-corrected chi connectivity index (χ3v) is 6.76. The summed E-state index contributed by atoms with van der Waals surface area (Å²) in [4.78, 5) is 4.39. The van der Waals surface area contributed by atoms with Gasteiger partial charge in [-0.05, 0) is 44.1 Å². The molecule has 1 aromatic heterocycles. The Morgan fingerprint density at radius 1 is 1.29 bits per heavy atom. The molecule has 3 heteroatoms. The first-order valence-electron chi connectivity index (χ1n) is 8.68. The monoisotopic (exact) mass is 306 g/mol. The smallest absolute Gasteiger partial charge is 0.0335 e. The Bertz CT molecular complexity index is 436. The minimum absolute atomic E-state index is 0.304. The van der Waals surface area contributed by atoms with Crippen molar-refractivity contribution in [3.8, 4) is 0 Å². The van der Waals surface area contributed by atoms with Crippen LogP contribution in [0.3, 0.4) is 0 Å². The summed E-state index contributed by atoms with van der Waals surface area (Å²) in [5, 5.41) is 6.10. The normalized spacial score (nSPS) is 29.8. The number of nitrogens with zero attached hydrogens (tertiary/aromatic N) is 1. The van der Waals surface area contributed by atoms with Crippen molar-refractivity contribution in [3.05, 3.63) is 22.4 Å². The number of hydrogen-bond acceptors (Lipinski definition) is 3. The van der Waals surface area contributed by atoms with E-state index in [9.17, 15) is 0 Å². The van der Waals surface area contributed by atoms with Crippen molar-refractivity contribution in [1.82, 2.24) is 10.2 Å². The van der Waals surface area contributed by atoms with Gasteiger partial charge in [0.25, 0.3) is 0 Å². The van der Waals surface area contributed by atoms with Crippen LogP contribution in [0.15, 0.2) is 17.5 Å². The van der Waals surface area contributed by atoms with Gasteiger partial charge in [-0.25, -0.2) is 0 Å². The highest BCUT2D eigenvalue weighted by molar-refractivity contribution is 7.09.